The number of carbonyl (C=O) groups excluding carboxylic acids is 2. The van der Waals surface area contributed by atoms with Crippen molar-refractivity contribution in [1.29, 1.82) is 0 Å². The van der Waals surface area contributed by atoms with Crippen LogP contribution in [0.15, 0.2) is 22.4 Å². The molecule has 24 heavy (non-hydrogen) atoms. The molecule has 2 atom stereocenters. The zero-order valence-electron chi connectivity index (χ0n) is 13.3. The summed E-state index contributed by atoms with van der Waals surface area (Å²) in [5.74, 6) is -0.0704. The maximum absolute atomic E-state index is 12.9. The largest absolute Gasteiger partial charge is 0.325 e. The summed E-state index contributed by atoms with van der Waals surface area (Å²) in [4.78, 5) is 43.6. The molecular formula is C16H18N4O3S. The summed E-state index contributed by atoms with van der Waals surface area (Å²) in [6, 6.07) is 0.997. The normalized spacial score (nSPS) is 27.2. The molecule has 2 aliphatic rings. The third-order valence-electron chi connectivity index (χ3n) is 5.18. The summed E-state index contributed by atoms with van der Waals surface area (Å²) >= 11 is 1.34. The van der Waals surface area contributed by atoms with Crippen LogP contribution in [0.3, 0.4) is 0 Å². The Morgan fingerprint density at radius 2 is 2.21 bits per heavy atom. The average molecular weight is 346 g/mol. The quantitative estimate of drug-likeness (QED) is 0.840. The number of fused-ring (bicyclic) bond motifs is 1. The number of hydrogen-bond donors (Lipinski definition) is 1. The van der Waals surface area contributed by atoms with Gasteiger partial charge in [-0.05, 0) is 18.8 Å². The molecule has 7 nitrogen and oxygen atoms in total. The minimum atomic E-state index is -0.780. The van der Waals surface area contributed by atoms with E-state index in [0.717, 1.165) is 19.3 Å². The first-order valence-electron chi connectivity index (χ1n) is 8.11. The summed E-state index contributed by atoms with van der Waals surface area (Å²) in [7, 11) is 0. The van der Waals surface area contributed by atoms with Gasteiger partial charge >= 0.3 is 6.03 Å². The van der Waals surface area contributed by atoms with Gasteiger partial charge in [0.05, 0.1) is 12.2 Å². The molecule has 2 aromatic rings. The van der Waals surface area contributed by atoms with Crippen LogP contribution in [-0.2, 0) is 11.3 Å². The van der Waals surface area contributed by atoms with Gasteiger partial charge in [-0.25, -0.2) is 9.78 Å². The molecule has 3 heterocycles. The van der Waals surface area contributed by atoms with Crippen molar-refractivity contribution in [3.63, 3.8) is 0 Å². The molecule has 2 fully saturated rings. The third kappa shape index (κ3) is 2.16. The van der Waals surface area contributed by atoms with Gasteiger partial charge in [0.1, 0.15) is 5.54 Å². The SMILES string of the molecule is C[C@@H]1CCCC[C@@]12NC(=O)N(Cc1cc(=O)n3ccsc3n1)C2=O. The minimum Gasteiger partial charge on any atom is -0.323 e. The van der Waals surface area contributed by atoms with Crippen LogP contribution in [-0.4, -0.2) is 31.8 Å². The Morgan fingerprint density at radius 3 is 3.00 bits per heavy atom. The molecule has 1 saturated heterocycles. The van der Waals surface area contributed by atoms with Crippen molar-refractivity contribution in [2.75, 3.05) is 0 Å². The lowest BCUT2D eigenvalue weighted by Gasteiger charge is -2.36. The topological polar surface area (TPSA) is 83.8 Å². The fourth-order valence-electron chi connectivity index (χ4n) is 3.77. The van der Waals surface area contributed by atoms with Crippen molar-refractivity contribution in [2.24, 2.45) is 5.92 Å². The van der Waals surface area contributed by atoms with Crippen LogP contribution in [0.25, 0.3) is 4.96 Å². The molecule has 0 radical (unpaired) electrons. The highest BCUT2D eigenvalue weighted by molar-refractivity contribution is 7.15. The molecule has 0 aromatic carbocycles. The lowest BCUT2D eigenvalue weighted by Crippen LogP contribution is -2.53. The van der Waals surface area contributed by atoms with Gasteiger partial charge in [-0.15, -0.1) is 11.3 Å². The molecule has 2 aromatic heterocycles. The van der Waals surface area contributed by atoms with Crippen molar-refractivity contribution in [3.05, 3.63) is 33.7 Å². The Bertz CT molecular complexity index is 889. The molecule has 126 valence electrons. The Balaban J connectivity index is 1.65. The molecule has 1 spiro atoms. The highest BCUT2D eigenvalue weighted by Crippen LogP contribution is 2.38. The molecule has 1 saturated carbocycles. The first-order valence-corrected chi connectivity index (χ1v) is 8.99. The molecule has 0 bridgehead atoms. The molecule has 4 rings (SSSR count). The Labute approximate surface area is 142 Å². The van der Waals surface area contributed by atoms with Gasteiger partial charge in [0.2, 0.25) is 0 Å². The molecule has 0 unspecified atom stereocenters. The number of carbonyl (C=O) groups is 2. The second-order valence-corrected chi connectivity index (χ2v) is 7.45. The van der Waals surface area contributed by atoms with Crippen molar-refractivity contribution >= 4 is 28.2 Å². The monoisotopic (exact) mass is 346 g/mol. The molecular weight excluding hydrogens is 328 g/mol. The Kier molecular flexibility index (Phi) is 3.45. The van der Waals surface area contributed by atoms with E-state index in [9.17, 15) is 14.4 Å². The first-order chi connectivity index (χ1) is 11.5. The summed E-state index contributed by atoms with van der Waals surface area (Å²) in [5.41, 5.74) is -0.548. The molecule has 1 N–H and O–H groups in total. The average Bonchev–Trinajstić information content (AvgIpc) is 3.10. The van der Waals surface area contributed by atoms with Crippen LogP contribution >= 0.6 is 11.3 Å². The number of rotatable bonds is 2. The fraction of sp³-hybridized carbons (Fsp3) is 0.500. The molecule has 8 heteroatoms. The van der Waals surface area contributed by atoms with Gasteiger partial charge < -0.3 is 5.32 Å². The van der Waals surface area contributed by atoms with E-state index in [1.807, 2.05) is 6.92 Å². The lowest BCUT2D eigenvalue weighted by atomic mass is 9.73. The van der Waals surface area contributed by atoms with Crippen LogP contribution < -0.4 is 10.9 Å². The maximum Gasteiger partial charge on any atom is 0.325 e. The van der Waals surface area contributed by atoms with E-state index >= 15 is 0 Å². The summed E-state index contributed by atoms with van der Waals surface area (Å²) < 4.78 is 1.45. The number of thiazole rings is 1. The number of amides is 3. The van der Waals surface area contributed by atoms with E-state index in [-0.39, 0.29) is 30.0 Å². The zero-order chi connectivity index (χ0) is 16.9. The van der Waals surface area contributed by atoms with Crippen LogP contribution in [0.1, 0.15) is 38.3 Å². The molecule has 3 amide bonds. The van der Waals surface area contributed by atoms with Crippen molar-refractivity contribution < 1.29 is 9.59 Å². The van der Waals surface area contributed by atoms with Gasteiger partial charge in [0.15, 0.2) is 4.96 Å². The van der Waals surface area contributed by atoms with Crippen LogP contribution in [0, 0.1) is 5.92 Å². The summed E-state index contributed by atoms with van der Waals surface area (Å²) in [6.45, 7) is 2.05. The van der Waals surface area contributed by atoms with E-state index in [4.69, 9.17) is 0 Å². The molecule has 1 aliphatic carbocycles. The van der Waals surface area contributed by atoms with E-state index in [1.165, 1.54) is 26.7 Å². The van der Waals surface area contributed by atoms with E-state index < -0.39 is 5.54 Å². The third-order valence-corrected chi connectivity index (χ3v) is 5.93. The predicted octanol–water partition coefficient (Wildman–Crippen LogP) is 1.76. The van der Waals surface area contributed by atoms with Gasteiger partial charge in [-0.2, -0.15) is 0 Å². The van der Waals surface area contributed by atoms with Gasteiger partial charge in [-0.3, -0.25) is 18.9 Å². The lowest BCUT2D eigenvalue weighted by molar-refractivity contribution is -0.134. The van der Waals surface area contributed by atoms with Crippen LogP contribution in [0.4, 0.5) is 4.79 Å². The van der Waals surface area contributed by atoms with Crippen LogP contribution in [0.2, 0.25) is 0 Å². The predicted molar refractivity (Wildman–Crippen MR) is 88.8 cm³/mol. The van der Waals surface area contributed by atoms with E-state index in [0.29, 0.717) is 17.1 Å². The van der Waals surface area contributed by atoms with Gasteiger partial charge in [0, 0.05) is 17.6 Å². The Hall–Kier alpha value is -2.22. The minimum absolute atomic E-state index is 0.0305. The number of nitrogens with one attached hydrogen (secondary N) is 1. The number of urea groups is 1. The Morgan fingerprint density at radius 1 is 1.38 bits per heavy atom. The van der Waals surface area contributed by atoms with Gasteiger partial charge in [0.25, 0.3) is 11.5 Å². The van der Waals surface area contributed by atoms with Crippen molar-refractivity contribution in [2.45, 2.75) is 44.7 Å². The second kappa shape index (κ2) is 5.41. The van der Waals surface area contributed by atoms with E-state index in [2.05, 4.69) is 10.3 Å². The highest BCUT2D eigenvalue weighted by atomic mass is 32.1. The smallest absolute Gasteiger partial charge is 0.323 e. The highest BCUT2D eigenvalue weighted by Gasteiger charge is 2.54. The second-order valence-electron chi connectivity index (χ2n) is 6.58. The summed E-state index contributed by atoms with van der Waals surface area (Å²) in [5, 5.41) is 4.69. The standard InChI is InChI=1S/C16H18N4O3S/c1-10-4-2-3-5-16(10)13(22)20(14(23)18-16)9-11-8-12(21)19-6-7-24-15(19)17-11/h6-8,10H,2-5,9H2,1H3,(H,18,23)/t10-,16-/m1/s1. The van der Waals surface area contributed by atoms with Crippen LogP contribution in [0.5, 0.6) is 0 Å². The van der Waals surface area contributed by atoms with Gasteiger partial charge in [-0.1, -0.05) is 19.8 Å². The fourth-order valence-corrected chi connectivity index (χ4v) is 4.51. The first kappa shape index (κ1) is 15.3. The maximum atomic E-state index is 12.9. The number of aromatic nitrogens is 2. The summed E-state index contributed by atoms with van der Waals surface area (Å²) in [6.07, 6.45) is 5.28. The number of nitrogens with zero attached hydrogens (tertiary/aromatic N) is 3. The van der Waals surface area contributed by atoms with E-state index in [1.54, 1.807) is 11.6 Å². The van der Waals surface area contributed by atoms with Crippen molar-refractivity contribution in [1.82, 2.24) is 19.6 Å². The number of imide groups is 1. The van der Waals surface area contributed by atoms with Crippen molar-refractivity contribution in [3.8, 4) is 0 Å². The zero-order valence-corrected chi connectivity index (χ0v) is 14.1. The molecule has 1 aliphatic heterocycles. The number of hydrogen-bond acceptors (Lipinski definition) is 5.